The molecule has 0 N–H and O–H groups in total. The molecular formula is C20H14F4N2O3S. The molecular weight excluding hydrogens is 424 g/mol. The lowest BCUT2D eigenvalue weighted by molar-refractivity contribution is -0.137. The summed E-state index contributed by atoms with van der Waals surface area (Å²) < 4.78 is 57.2. The lowest BCUT2D eigenvalue weighted by atomic mass is 10.2. The van der Waals surface area contributed by atoms with Crippen LogP contribution in [-0.4, -0.2) is 16.9 Å². The molecule has 0 saturated heterocycles. The second-order valence-corrected chi connectivity index (χ2v) is 6.95. The topological polar surface area (TPSA) is 59.5 Å². The third kappa shape index (κ3) is 5.01. The smallest absolute Gasteiger partial charge is 0.416 e. The first kappa shape index (κ1) is 21.4. The van der Waals surface area contributed by atoms with Gasteiger partial charge >= 0.3 is 12.1 Å². The Bertz CT molecular complexity index is 1080. The minimum atomic E-state index is -4.56. The Balaban J connectivity index is 1.77. The van der Waals surface area contributed by atoms with Crippen LogP contribution in [0.15, 0.2) is 53.9 Å². The van der Waals surface area contributed by atoms with Crippen molar-refractivity contribution in [3.05, 3.63) is 76.5 Å². The van der Waals surface area contributed by atoms with Crippen LogP contribution in [0.1, 0.15) is 28.5 Å². The summed E-state index contributed by atoms with van der Waals surface area (Å²) in [5, 5.41) is 1.64. The van der Waals surface area contributed by atoms with Crippen molar-refractivity contribution in [2.24, 2.45) is 0 Å². The van der Waals surface area contributed by atoms with Gasteiger partial charge in [0.1, 0.15) is 12.4 Å². The number of aromatic nitrogens is 1. The molecule has 1 heterocycles. The Morgan fingerprint density at radius 1 is 1.13 bits per heavy atom. The van der Waals surface area contributed by atoms with Crippen LogP contribution in [-0.2, 0) is 22.3 Å². The zero-order valence-corrected chi connectivity index (χ0v) is 16.3. The van der Waals surface area contributed by atoms with E-state index in [2.05, 4.69) is 4.98 Å². The molecule has 10 heteroatoms. The molecule has 0 aliphatic rings. The molecule has 5 nitrogen and oxygen atoms in total. The second-order valence-electron chi connectivity index (χ2n) is 6.11. The molecule has 0 spiro atoms. The molecule has 0 saturated carbocycles. The number of hydrogen-bond acceptors (Lipinski definition) is 5. The summed E-state index contributed by atoms with van der Waals surface area (Å²) in [4.78, 5) is 29.3. The lowest BCUT2D eigenvalue weighted by Crippen LogP contribution is -2.23. The van der Waals surface area contributed by atoms with E-state index in [4.69, 9.17) is 4.74 Å². The molecule has 0 radical (unpaired) electrons. The van der Waals surface area contributed by atoms with E-state index in [1.165, 1.54) is 42.6 Å². The van der Waals surface area contributed by atoms with Crippen LogP contribution in [0.2, 0.25) is 0 Å². The molecule has 156 valence electrons. The van der Waals surface area contributed by atoms with Gasteiger partial charge in [-0.3, -0.25) is 9.69 Å². The Hall–Kier alpha value is -3.27. The van der Waals surface area contributed by atoms with Gasteiger partial charge in [-0.2, -0.15) is 13.2 Å². The largest absolute Gasteiger partial charge is 0.456 e. The van der Waals surface area contributed by atoms with Gasteiger partial charge in [0.2, 0.25) is 5.91 Å². The molecule has 0 aliphatic carbocycles. The number of esters is 1. The Labute approximate surface area is 172 Å². The van der Waals surface area contributed by atoms with Crippen molar-refractivity contribution in [3.8, 4) is 0 Å². The number of ether oxygens (including phenoxy) is 1. The Morgan fingerprint density at radius 2 is 1.87 bits per heavy atom. The van der Waals surface area contributed by atoms with Gasteiger partial charge in [0.25, 0.3) is 0 Å². The van der Waals surface area contributed by atoms with Crippen molar-refractivity contribution in [1.82, 2.24) is 4.98 Å². The number of hydrogen-bond donors (Lipinski definition) is 0. The van der Waals surface area contributed by atoms with E-state index in [9.17, 15) is 27.2 Å². The number of carbonyl (C=O) groups is 2. The normalized spacial score (nSPS) is 11.2. The first-order valence-electron chi connectivity index (χ1n) is 8.50. The predicted molar refractivity (Wildman–Crippen MR) is 102 cm³/mol. The summed E-state index contributed by atoms with van der Waals surface area (Å²) in [6.45, 7) is 0.950. The summed E-state index contributed by atoms with van der Waals surface area (Å²) >= 11 is 1.01. The van der Waals surface area contributed by atoms with Gasteiger partial charge in [-0.1, -0.05) is 12.1 Å². The van der Waals surface area contributed by atoms with Gasteiger partial charge in [-0.15, -0.1) is 11.3 Å². The number of alkyl halides is 3. The van der Waals surface area contributed by atoms with Crippen LogP contribution in [0.3, 0.4) is 0 Å². The van der Waals surface area contributed by atoms with E-state index in [0.29, 0.717) is 0 Å². The van der Waals surface area contributed by atoms with Crippen molar-refractivity contribution in [1.29, 1.82) is 0 Å². The number of thiazole rings is 1. The van der Waals surface area contributed by atoms with Gasteiger partial charge < -0.3 is 4.74 Å². The highest BCUT2D eigenvalue weighted by molar-refractivity contribution is 7.14. The van der Waals surface area contributed by atoms with Gasteiger partial charge in [0.15, 0.2) is 5.13 Å². The second kappa shape index (κ2) is 8.62. The summed E-state index contributed by atoms with van der Waals surface area (Å²) in [6, 6.07) is 9.29. The fourth-order valence-electron chi connectivity index (χ4n) is 2.55. The van der Waals surface area contributed by atoms with Gasteiger partial charge in [0.05, 0.1) is 22.5 Å². The molecule has 0 fully saturated rings. The van der Waals surface area contributed by atoms with E-state index in [0.717, 1.165) is 34.4 Å². The van der Waals surface area contributed by atoms with Crippen LogP contribution in [0.4, 0.5) is 28.4 Å². The van der Waals surface area contributed by atoms with Crippen molar-refractivity contribution in [2.75, 3.05) is 4.90 Å². The molecule has 0 aliphatic heterocycles. The highest BCUT2D eigenvalue weighted by atomic mass is 32.1. The molecule has 3 aromatic rings. The maximum atomic E-state index is 13.2. The number of rotatable bonds is 5. The van der Waals surface area contributed by atoms with Crippen molar-refractivity contribution in [2.45, 2.75) is 19.7 Å². The van der Waals surface area contributed by atoms with Gasteiger partial charge in [0, 0.05) is 12.3 Å². The van der Waals surface area contributed by atoms with Crippen LogP contribution in [0.25, 0.3) is 0 Å². The zero-order valence-electron chi connectivity index (χ0n) is 15.4. The molecule has 0 atom stereocenters. The molecule has 1 amide bonds. The molecule has 0 bridgehead atoms. The van der Waals surface area contributed by atoms with Crippen LogP contribution < -0.4 is 4.90 Å². The van der Waals surface area contributed by atoms with Crippen molar-refractivity contribution >= 4 is 34.0 Å². The average Bonchev–Trinajstić information content (AvgIpc) is 3.14. The number of anilines is 2. The molecule has 1 aromatic heterocycles. The number of nitrogens with zero attached hydrogens (tertiary/aromatic N) is 2. The summed E-state index contributed by atoms with van der Waals surface area (Å²) in [5.74, 6) is -1.88. The minimum Gasteiger partial charge on any atom is -0.456 e. The van der Waals surface area contributed by atoms with E-state index >= 15 is 0 Å². The summed E-state index contributed by atoms with van der Waals surface area (Å²) in [7, 11) is 0. The van der Waals surface area contributed by atoms with Crippen molar-refractivity contribution < 1.29 is 31.9 Å². The van der Waals surface area contributed by atoms with E-state index in [1.54, 1.807) is 0 Å². The maximum absolute atomic E-state index is 13.2. The van der Waals surface area contributed by atoms with E-state index in [-0.39, 0.29) is 28.7 Å². The standard InChI is InChI=1S/C20H14F4N2O3S/c1-12(27)26(17-7-3-5-14(9-17)20(22,23)24)19-25-16(11-30-19)10-29-18(28)13-4-2-6-15(21)8-13/h2-9,11H,10H2,1H3. The fraction of sp³-hybridized carbons (Fsp3) is 0.150. The lowest BCUT2D eigenvalue weighted by Gasteiger charge is -2.19. The average molecular weight is 438 g/mol. The highest BCUT2D eigenvalue weighted by Crippen LogP contribution is 2.35. The summed E-state index contributed by atoms with van der Waals surface area (Å²) in [6.07, 6.45) is -4.56. The minimum absolute atomic E-state index is 0.00924. The maximum Gasteiger partial charge on any atom is 0.416 e. The third-order valence-corrected chi connectivity index (χ3v) is 4.76. The third-order valence-electron chi connectivity index (χ3n) is 3.89. The quantitative estimate of drug-likeness (QED) is 0.398. The first-order chi connectivity index (χ1) is 14.1. The Kier molecular flexibility index (Phi) is 6.16. The Morgan fingerprint density at radius 3 is 2.53 bits per heavy atom. The number of benzene rings is 2. The first-order valence-corrected chi connectivity index (χ1v) is 9.38. The van der Waals surface area contributed by atoms with E-state index < -0.39 is 29.4 Å². The predicted octanol–water partition coefficient (Wildman–Crippen LogP) is 5.34. The zero-order chi connectivity index (χ0) is 21.9. The number of amides is 1. The number of halogens is 4. The van der Waals surface area contributed by atoms with Gasteiger partial charge in [-0.25, -0.2) is 14.2 Å². The van der Waals surface area contributed by atoms with Gasteiger partial charge in [-0.05, 0) is 36.4 Å². The van der Waals surface area contributed by atoms with Crippen LogP contribution in [0.5, 0.6) is 0 Å². The molecule has 2 aromatic carbocycles. The number of carbonyl (C=O) groups excluding carboxylic acids is 2. The monoisotopic (exact) mass is 438 g/mol. The SMILES string of the molecule is CC(=O)N(c1cccc(C(F)(F)F)c1)c1nc(COC(=O)c2cccc(F)c2)cs1. The van der Waals surface area contributed by atoms with Crippen molar-refractivity contribution in [3.63, 3.8) is 0 Å². The van der Waals surface area contributed by atoms with Crippen LogP contribution in [0, 0.1) is 5.82 Å². The molecule has 0 unspecified atom stereocenters. The van der Waals surface area contributed by atoms with Crippen LogP contribution >= 0.6 is 11.3 Å². The van der Waals surface area contributed by atoms with E-state index in [1.807, 2.05) is 0 Å². The summed E-state index contributed by atoms with van der Waals surface area (Å²) in [5.41, 5.74) is -0.570. The molecule has 30 heavy (non-hydrogen) atoms. The fourth-order valence-corrected chi connectivity index (χ4v) is 3.42. The molecule has 3 rings (SSSR count). The highest BCUT2D eigenvalue weighted by Gasteiger charge is 2.31.